The number of hydrogen-bond donors (Lipinski definition) is 0. The molecule has 6 nitrogen and oxygen atoms in total. The number of hydrogen-bond acceptors (Lipinski definition) is 6. The SMILES string of the molecule is CC/C=C\C/C=C\C/C=C\C/C=C\C/C=C\CCCCCCCCCCCCCC(=O)OCC(COC(=O)CCCCCCCCCCCCCCCCCC)OC(=O)CCCCCCCCCC/C=C\C/C=C\C/C=C\C/C=C\CC. The molecule has 0 saturated heterocycles. The summed E-state index contributed by atoms with van der Waals surface area (Å²) in [6.45, 7) is 6.45. The van der Waals surface area contributed by atoms with Crippen LogP contribution in [0, 0.1) is 0 Å². The largest absolute Gasteiger partial charge is 0.462 e. The lowest BCUT2D eigenvalue weighted by Crippen LogP contribution is -2.30. The molecule has 1 atom stereocenters. The smallest absolute Gasteiger partial charge is 0.306 e. The Morgan fingerprint density at radius 2 is 0.476 bits per heavy atom. The number of allylic oxidation sites excluding steroid dienone is 18. The molecule has 82 heavy (non-hydrogen) atoms. The van der Waals surface area contributed by atoms with Gasteiger partial charge in [-0.3, -0.25) is 14.4 Å². The number of ether oxygens (including phenoxy) is 3. The van der Waals surface area contributed by atoms with Gasteiger partial charge in [0.15, 0.2) is 6.10 Å². The molecule has 0 aliphatic rings. The average Bonchev–Trinajstić information content (AvgIpc) is 3.47. The predicted molar refractivity (Wildman–Crippen MR) is 357 cm³/mol. The van der Waals surface area contributed by atoms with Gasteiger partial charge in [0, 0.05) is 19.3 Å². The van der Waals surface area contributed by atoms with Crippen LogP contribution in [0.3, 0.4) is 0 Å². The van der Waals surface area contributed by atoms with Crippen LogP contribution in [0.1, 0.15) is 335 Å². The summed E-state index contributed by atoms with van der Waals surface area (Å²) < 4.78 is 17.0. The summed E-state index contributed by atoms with van der Waals surface area (Å²) in [7, 11) is 0. The van der Waals surface area contributed by atoms with Gasteiger partial charge in [-0.05, 0) is 103 Å². The topological polar surface area (TPSA) is 78.9 Å². The van der Waals surface area contributed by atoms with Crippen molar-refractivity contribution in [2.24, 2.45) is 0 Å². The van der Waals surface area contributed by atoms with Crippen molar-refractivity contribution >= 4 is 17.9 Å². The third-order valence-electron chi connectivity index (χ3n) is 15.0. The first-order valence-corrected chi connectivity index (χ1v) is 34.9. The van der Waals surface area contributed by atoms with Gasteiger partial charge >= 0.3 is 17.9 Å². The quantitative estimate of drug-likeness (QED) is 0.0261. The molecule has 470 valence electrons. The summed E-state index contributed by atoms with van der Waals surface area (Å²) in [4.78, 5) is 38.5. The van der Waals surface area contributed by atoms with Crippen LogP contribution in [0.2, 0.25) is 0 Å². The summed E-state index contributed by atoms with van der Waals surface area (Å²) in [5.41, 5.74) is 0. The van der Waals surface area contributed by atoms with E-state index in [1.807, 2.05) is 0 Å². The first kappa shape index (κ1) is 78.1. The second kappa shape index (κ2) is 69.6. The van der Waals surface area contributed by atoms with Gasteiger partial charge in [0.25, 0.3) is 0 Å². The van der Waals surface area contributed by atoms with Gasteiger partial charge in [-0.2, -0.15) is 0 Å². The fourth-order valence-electron chi connectivity index (χ4n) is 9.88. The Balaban J connectivity index is 4.35. The molecular formula is C76H130O6. The molecule has 0 fully saturated rings. The van der Waals surface area contributed by atoms with E-state index in [9.17, 15) is 14.4 Å². The van der Waals surface area contributed by atoms with E-state index in [0.717, 1.165) is 122 Å². The highest BCUT2D eigenvalue weighted by Gasteiger charge is 2.19. The lowest BCUT2D eigenvalue weighted by atomic mass is 10.0. The molecule has 0 amide bonds. The molecule has 0 aromatic carbocycles. The van der Waals surface area contributed by atoms with Crippen molar-refractivity contribution in [2.45, 2.75) is 341 Å². The van der Waals surface area contributed by atoms with Gasteiger partial charge < -0.3 is 14.2 Å². The highest BCUT2D eigenvalue weighted by atomic mass is 16.6. The molecule has 0 aromatic rings. The lowest BCUT2D eigenvalue weighted by molar-refractivity contribution is -0.167. The molecule has 0 heterocycles. The molecule has 0 aromatic heterocycles. The van der Waals surface area contributed by atoms with Crippen molar-refractivity contribution in [3.63, 3.8) is 0 Å². The van der Waals surface area contributed by atoms with E-state index in [4.69, 9.17) is 14.2 Å². The zero-order valence-corrected chi connectivity index (χ0v) is 54.0. The van der Waals surface area contributed by atoms with Crippen LogP contribution in [-0.2, 0) is 28.6 Å². The van der Waals surface area contributed by atoms with Crippen LogP contribution in [0.4, 0.5) is 0 Å². The van der Waals surface area contributed by atoms with Crippen molar-refractivity contribution in [2.75, 3.05) is 13.2 Å². The minimum absolute atomic E-state index is 0.0793. The standard InChI is InChI=1S/C76H130O6/c1-4-7-10-13-16-19-22-25-28-31-33-35-36-37-38-39-40-42-43-45-48-51-54-57-60-63-66-69-75(78)81-72-73(71-80-74(77)68-65-62-59-56-53-50-47-30-27-24-21-18-15-12-9-6-3)82-76(79)70-67-64-61-58-55-52-49-46-44-41-34-32-29-26-23-20-17-14-11-8-5-2/h7-8,10-11,16-17,19-20,25-26,28-29,33-35,37-38,41,73H,4-6,9,12-15,18,21-24,27,30-32,36,39-40,42-72H2,1-3H3/b10-7-,11-8-,19-16-,20-17-,28-25-,29-26-,35-33-,38-37-,41-34-. The number of carbonyl (C=O) groups excluding carboxylic acids is 3. The summed E-state index contributed by atoms with van der Waals surface area (Å²) in [6.07, 6.45) is 95.3. The van der Waals surface area contributed by atoms with E-state index >= 15 is 0 Å². The molecule has 6 heteroatoms. The number of esters is 3. The summed E-state index contributed by atoms with van der Waals surface area (Å²) in [5, 5.41) is 0. The van der Waals surface area contributed by atoms with Crippen molar-refractivity contribution < 1.29 is 28.6 Å². The third-order valence-corrected chi connectivity index (χ3v) is 15.0. The maximum atomic E-state index is 13.0. The van der Waals surface area contributed by atoms with Crippen LogP contribution in [0.5, 0.6) is 0 Å². The first-order valence-electron chi connectivity index (χ1n) is 34.9. The molecule has 0 aliphatic carbocycles. The highest BCUT2D eigenvalue weighted by molar-refractivity contribution is 5.71. The zero-order chi connectivity index (χ0) is 59.2. The van der Waals surface area contributed by atoms with Gasteiger partial charge in [0.2, 0.25) is 0 Å². The molecule has 0 N–H and O–H groups in total. The highest BCUT2D eigenvalue weighted by Crippen LogP contribution is 2.17. The minimum Gasteiger partial charge on any atom is -0.462 e. The van der Waals surface area contributed by atoms with E-state index in [2.05, 4.69) is 130 Å². The monoisotopic (exact) mass is 1140 g/mol. The van der Waals surface area contributed by atoms with Crippen molar-refractivity contribution in [3.05, 3.63) is 109 Å². The lowest BCUT2D eigenvalue weighted by Gasteiger charge is -2.18. The van der Waals surface area contributed by atoms with Crippen molar-refractivity contribution in [1.82, 2.24) is 0 Å². The first-order chi connectivity index (χ1) is 40.5. The van der Waals surface area contributed by atoms with Gasteiger partial charge in [-0.25, -0.2) is 0 Å². The molecule has 0 spiro atoms. The average molecular weight is 1140 g/mol. The van der Waals surface area contributed by atoms with Crippen LogP contribution < -0.4 is 0 Å². The number of rotatable bonds is 63. The van der Waals surface area contributed by atoms with E-state index in [-0.39, 0.29) is 31.1 Å². The van der Waals surface area contributed by atoms with E-state index in [0.29, 0.717) is 19.3 Å². The van der Waals surface area contributed by atoms with Gasteiger partial charge in [-0.15, -0.1) is 0 Å². The molecule has 0 rings (SSSR count). The summed E-state index contributed by atoms with van der Waals surface area (Å²) >= 11 is 0. The van der Waals surface area contributed by atoms with Gasteiger partial charge in [-0.1, -0.05) is 323 Å². The molecule has 0 bridgehead atoms. The molecule has 0 aliphatic heterocycles. The van der Waals surface area contributed by atoms with Crippen LogP contribution in [-0.4, -0.2) is 37.2 Å². The Bertz CT molecular complexity index is 1640. The fraction of sp³-hybridized carbons (Fsp3) is 0.724. The van der Waals surface area contributed by atoms with Crippen molar-refractivity contribution in [1.29, 1.82) is 0 Å². The molecular weight excluding hydrogens is 1010 g/mol. The maximum Gasteiger partial charge on any atom is 0.306 e. The Morgan fingerprint density at radius 1 is 0.256 bits per heavy atom. The second-order valence-electron chi connectivity index (χ2n) is 23.0. The van der Waals surface area contributed by atoms with Crippen LogP contribution in [0.15, 0.2) is 109 Å². The summed E-state index contributed by atoms with van der Waals surface area (Å²) in [5.74, 6) is -0.875. The van der Waals surface area contributed by atoms with E-state index < -0.39 is 6.10 Å². The summed E-state index contributed by atoms with van der Waals surface area (Å²) in [6, 6.07) is 0. The van der Waals surface area contributed by atoms with Crippen molar-refractivity contribution in [3.8, 4) is 0 Å². The second-order valence-corrected chi connectivity index (χ2v) is 23.0. The molecule has 0 radical (unpaired) electrons. The Labute approximate surface area is 508 Å². The number of carbonyl (C=O) groups is 3. The molecule has 1 unspecified atom stereocenters. The van der Waals surface area contributed by atoms with Crippen LogP contribution in [0.25, 0.3) is 0 Å². The predicted octanol–water partition coefficient (Wildman–Crippen LogP) is 24.2. The number of unbranched alkanes of at least 4 members (excludes halogenated alkanes) is 34. The Hall–Kier alpha value is -3.93. The fourth-order valence-corrected chi connectivity index (χ4v) is 9.88. The third kappa shape index (κ3) is 66.9. The normalized spacial score (nSPS) is 12.8. The maximum absolute atomic E-state index is 13.0. The van der Waals surface area contributed by atoms with Gasteiger partial charge in [0.05, 0.1) is 0 Å². The Morgan fingerprint density at radius 3 is 0.744 bits per heavy atom. The van der Waals surface area contributed by atoms with Gasteiger partial charge in [0.1, 0.15) is 13.2 Å². The molecule has 0 saturated carbocycles. The Kier molecular flexibility index (Phi) is 66.2. The van der Waals surface area contributed by atoms with E-state index in [1.54, 1.807) is 0 Å². The van der Waals surface area contributed by atoms with E-state index in [1.165, 1.54) is 173 Å². The van der Waals surface area contributed by atoms with Crippen LogP contribution >= 0.6 is 0 Å². The minimum atomic E-state index is -0.785. The zero-order valence-electron chi connectivity index (χ0n) is 54.0.